The van der Waals surface area contributed by atoms with Gasteiger partial charge in [0.2, 0.25) is 0 Å². The molecule has 4 rings (SSSR count). The molecule has 1 aliphatic rings. The molecule has 2 amide bonds. The van der Waals surface area contributed by atoms with E-state index < -0.39 is 0 Å². The molecule has 3 aromatic rings. The predicted molar refractivity (Wildman–Crippen MR) is 92.4 cm³/mol. The third kappa shape index (κ3) is 2.55. The normalized spacial score (nSPS) is 16.3. The average molecular weight is 320 g/mol. The third-order valence-electron chi connectivity index (χ3n) is 3.71. The molecule has 0 radical (unpaired) electrons. The Morgan fingerprint density at radius 3 is 2.57 bits per heavy atom. The fraction of sp³-hybridized carbons (Fsp3) is 0. The molecule has 1 aliphatic heterocycles. The fourth-order valence-electron chi connectivity index (χ4n) is 2.63. The lowest BCUT2D eigenvalue weighted by atomic mass is 10.1. The van der Waals surface area contributed by atoms with Gasteiger partial charge in [0.15, 0.2) is 0 Å². The van der Waals surface area contributed by atoms with Crippen molar-refractivity contribution < 1.29 is 9.59 Å². The van der Waals surface area contributed by atoms with E-state index >= 15 is 0 Å². The summed E-state index contributed by atoms with van der Waals surface area (Å²) in [4.78, 5) is 23.4. The van der Waals surface area contributed by atoms with Crippen LogP contribution in [0.15, 0.2) is 65.7 Å². The Bertz CT molecular complexity index is 972. The maximum Gasteiger partial charge on any atom is 0.290 e. The largest absolute Gasteiger partial charge is 0.317 e. The molecule has 1 N–H and O–H groups in total. The first-order valence-electron chi connectivity index (χ1n) is 7.12. The maximum atomic E-state index is 11.7. The van der Waals surface area contributed by atoms with Crippen LogP contribution in [0.4, 0.5) is 4.79 Å². The van der Waals surface area contributed by atoms with Crippen molar-refractivity contribution in [2.24, 2.45) is 0 Å². The smallest absolute Gasteiger partial charge is 0.290 e. The van der Waals surface area contributed by atoms with Crippen molar-refractivity contribution in [1.82, 2.24) is 9.88 Å². The molecule has 2 heterocycles. The second kappa shape index (κ2) is 5.44. The summed E-state index contributed by atoms with van der Waals surface area (Å²) < 4.78 is 2.00. The lowest BCUT2D eigenvalue weighted by Gasteiger charge is -2.08. The molecule has 1 aromatic heterocycles. The number of carbonyl (C=O) groups is 2. The number of aromatic nitrogens is 1. The Kier molecular flexibility index (Phi) is 3.28. The minimum absolute atomic E-state index is 0.329. The van der Waals surface area contributed by atoms with Crippen molar-refractivity contribution in [3.63, 3.8) is 0 Å². The Balaban J connectivity index is 1.78. The number of amides is 2. The van der Waals surface area contributed by atoms with Gasteiger partial charge in [-0.3, -0.25) is 14.9 Å². The van der Waals surface area contributed by atoms with Crippen LogP contribution in [0.5, 0.6) is 0 Å². The molecule has 0 aliphatic carbocycles. The van der Waals surface area contributed by atoms with E-state index in [0.717, 1.165) is 28.5 Å². The molecule has 5 heteroatoms. The first-order valence-corrected chi connectivity index (χ1v) is 7.94. The lowest BCUT2D eigenvalue weighted by molar-refractivity contribution is -0.115. The zero-order chi connectivity index (χ0) is 15.8. The number of fused-ring (bicyclic) bond motifs is 1. The number of thioether (sulfide) groups is 1. The highest BCUT2D eigenvalue weighted by Crippen LogP contribution is 2.27. The van der Waals surface area contributed by atoms with Crippen LogP contribution < -0.4 is 5.32 Å². The quantitative estimate of drug-likeness (QED) is 0.727. The standard InChI is InChI=1S/C18H12N2O2S/c21-17-16(23-18(22)19-17)11-14-6-3-9-20(14)15-8-7-12-4-1-2-5-13(12)10-15/h1-11H,(H,19,21,22)/b16-11+. The number of benzene rings is 2. The molecule has 23 heavy (non-hydrogen) atoms. The Labute approximate surface area is 136 Å². The first kappa shape index (κ1) is 13.8. The molecule has 112 valence electrons. The summed E-state index contributed by atoms with van der Waals surface area (Å²) in [6.45, 7) is 0. The maximum absolute atomic E-state index is 11.7. The van der Waals surface area contributed by atoms with E-state index in [1.165, 1.54) is 5.39 Å². The first-order chi connectivity index (χ1) is 11.2. The van der Waals surface area contributed by atoms with Crippen molar-refractivity contribution in [3.8, 4) is 5.69 Å². The highest BCUT2D eigenvalue weighted by atomic mass is 32.2. The van der Waals surface area contributed by atoms with Crippen molar-refractivity contribution in [2.75, 3.05) is 0 Å². The molecule has 0 unspecified atom stereocenters. The van der Waals surface area contributed by atoms with Crippen molar-refractivity contribution in [1.29, 1.82) is 0 Å². The fourth-order valence-corrected chi connectivity index (χ4v) is 3.30. The average Bonchev–Trinajstić information content (AvgIpc) is 3.14. The summed E-state index contributed by atoms with van der Waals surface area (Å²) in [5.74, 6) is -0.341. The van der Waals surface area contributed by atoms with E-state index in [-0.39, 0.29) is 11.1 Å². The highest BCUT2D eigenvalue weighted by molar-refractivity contribution is 8.18. The third-order valence-corrected chi connectivity index (χ3v) is 4.52. The van der Waals surface area contributed by atoms with Gasteiger partial charge in [-0.25, -0.2) is 0 Å². The topological polar surface area (TPSA) is 51.1 Å². The minimum Gasteiger partial charge on any atom is -0.317 e. The van der Waals surface area contributed by atoms with Crippen LogP contribution in [-0.4, -0.2) is 15.7 Å². The van der Waals surface area contributed by atoms with Crippen LogP contribution in [0.2, 0.25) is 0 Å². The van der Waals surface area contributed by atoms with Gasteiger partial charge in [0, 0.05) is 17.6 Å². The van der Waals surface area contributed by atoms with Crippen molar-refractivity contribution in [3.05, 3.63) is 71.4 Å². The van der Waals surface area contributed by atoms with E-state index in [0.29, 0.717) is 4.91 Å². The summed E-state index contributed by atoms with van der Waals surface area (Å²) >= 11 is 0.927. The van der Waals surface area contributed by atoms with E-state index in [9.17, 15) is 9.59 Å². The van der Waals surface area contributed by atoms with Gasteiger partial charge >= 0.3 is 0 Å². The predicted octanol–water partition coefficient (Wildman–Crippen LogP) is 3.95. The summed E-state index contributed by atoms with van der Waals surface area (Å²) in [6.07, 6.45) is 3.68. The second-order valence-electron chi connectivity index (χ2n) is 5.19. The minimum atomic E-state index is -0.341. The zero-order valence-corrected chi connectivity index (χ0v) is 12.8. The van der Waals surface area contributed by atoms with E-state index in [4.69, 9.17) is 0 Å². The lowest BCUT2D eigenvalue weighted by Crippen LogP contribution is -2.17. The van der Waals surface area contributed by atoms with Crippen LogP contribution in [0.3, 0.4) is 0 Å². The number of rotatable bonds is 2. The van der Waals surface area contributed by atoms with E-state index in [1.54, 1.807) is 6.08 Å². The van der Waals surface area contributed by atoms with Gasteiger partial charge in [0.1, 0.15) is 0 Å². The van der Waals surface area contributed by atoms with Gasteiger partial charge in [-0.15, -0.1) is 0 Å². The zero-order valence-electron chi connectivity index (χ0n) is 12.0. The van der Waals surface area contributed by atoms with Gasteiger partial charge in [0.25, 0.3) is 11.1 Å². The van der Waals surface area contributed by atoms with Crippen molar-refractivity contribution >= 4 is 39.8 Å². The molecule has 1 saturated heterocycles. The molecule has 0 spiro atoms. The Hall–Kier alpha value is -2.79. The van der Waals surface area contributed by atoms with Crippen LogP contribution in [0.1, 0.15) is 5.69 Å². The number of nitrogens with one attached hydrogen (secondary N) is 1. The molecular formula is C18H12N2O2S. The van der Waals surface area contributed by atoms with Crippen molar-refractivity contribution in [2.45, 2.75) is 0 Å². The number of imide groups is 1. The number of carbonyl (C=O) groups excluding carboxylic acids is 2. The number of hydrogen-bond donors (Lipinski definition) is 1. The van der Waals surface area contributed by atoms with E-state index in [2.05, 4.69) is 29.6 Å². The van der Waals surface area contributed by atoms with Gasteiger partial charge in [-0.1, -0.05) is 30.3 Å². The highest BCUT2D eigenvalue weighted by Gasteiger charge is 2.25. The van der Waals surface area contributed by atoms with Gasteiger partial charge < -0.3 is 4.57 Å². The molecule has 0 saturated carbocycles. The molecule has 0 bridgehead atoms. The molecule has 1 fully saturated rings. The van der Waals surface area contributed by atoms with Gasteiger partial charge in [-0.2, -0.15) is 0 Å². The Morgan fingerprint density at radius 2 is 1.78 bits per heavy atom. The summed E-state index contributed by atoms with van der Waals surface area (Å²) in [5.41, 5.74) is 1.86. The number of hydrogen-bond acceptors (Lipinski definition) is 3. The van der Waals surface area contributed by atoms with Crippen LogP contribution in [0.25, 0.3) is 22.5 Å². The summed E-state index contributed by atoms with van der Waals surface area (Å²) in [5, 5.41) is 4.28. The molecule has 4 nitrogen and oxygen atoms in total. The SMILES string of the molecule is O=C1NC(=O)/C(=C\c2cccn2-c2ccc3ccccc3c2)S1. The molecular weight excluding hydrogens is 308 g/mol. The summed E-state index contributed by atoms with van der Waals surface area (Å²) in [6, 6.07) is 18.2. The molecule has 0 atom stereocenters. The monoisotopic (exact) mass is 320 g/mol. The summed E-state index contributed by atoms with van der Waals surface area (Å²) in [7, 11) is 0. The van der Waals surface area contributed by atoms with Crippen LogP contribution in [0, 0.1) is 0 Å². The van der Waals surface area contributed by atoms with E-state index in [1.807, 2.05) is 41.1 Å². The van der Waals surface area contributed by atoms with Crippen LogP contribution in [-0.2, 0) is 4.79 Å². The number of nitrogens with zero attached hydrogens (tertiary/aromatic N) is 1. The Morgan fingerprint density at radius 1 is 0.957 bits per heavy atom. The van der Waals surface area contributed by atoms with Crippen LogP contribution >= 0.6 is 11.8 Å². The van der Waals surface area contributed by atoms with Gasteiger partial charge in [-0.05, 0) is 52.9 Å². The van der Waals surface area contributed by atoms with Gasteiger partial charge in [0.05, 0.1) is 4.91 Å². The molecule has 2 aromatic carbocycles. The second-order valence-corrected chi connectivity index (χ2v) is 6.20.